The summed E-state index contributed by atoms with van der Waals surface area (Å²) in [4.78, 5) is 26.7. The predicted molar refractivity (Wildman–Crippen MR) is 130 cm³/mol. The van der Waals surface area contributed by atoms with Gasteiger partial charge in [0.15, 0.2) is 5.82 Å². The molecule has 0 bridgehead atoms. The van der Waals surface area contributed by atoms with E-state index in [1.54, 1.807) is 46.0 Å². The van der Waals surface area contributed by atoms with Crippen LogP contribution in [-0.2, 0) is 4.79 Å². The maximum Gasteiger partial charge on any atom is 0.290 e. The van der Waals surface area contributed by atoms with E-state index in [1.165, 1.54) is 18.2 Å². The maximum absolute atomic E-state index is 13.5. The molecule has 2 aromatic carbocycles. The number of hydrogen-bond acceptors (Lipinski definition) is 6. The highest BCUT2D eigenvalue weighted by atomic mass is 19.1. The number of carbonyl (C=O) groups is 1. The van der Waals surface area contributed by atoms with Gasteiger partial charge in [-0.1, -0.05) is 12.6 Å². The van der Waals surface area contributed by atoms with Crippen molar-refractivity contribution in [1.29, 1.82) is 0 Å². The van der Waals surface area contributed by atoms with Gasteiger partial charge in [0.1, 0.15) is 28.5 Å². The Balaban J connectivity index is 1.53. The van der Waals surface area contributed by atoms with Crippen LogP contribution in [0.2, 0.25) is 0 Å². The van der Waals surface area contributed by atoms with Crippen LogP contribution in [0.3, 0.4) is 0 Å². The van der Waals surface area contributed by atoms with E-state index in [2.05, 4.69) is 16.8 Å². The summed E-state index contributed by atoms with van der Waals surface area (Å²) in [6, 6.07) is 12.7. The third kappa shape index (κ3) is 4.25. The summed E-state index contributed by atoms with van der Waals surface area (Å²) in [6.07, 6.45) is 2.81. The highest BCUT2D eigenvalue weighted by Gasteiger charge is 2.28. The van der Waals surface area contributed by atoms with Crippen molar-refractivity contribution < 1.29 is 13.9 Å². The van der Waals surface area contributed by atoms with E-state index in [0.29, 0.717) is 46.7 Å². The number of nitrogens with zero attached hydrogens (tertiary/aromatic N) is 4. The number of nitrogens with two attached hydrogens (primary N) is 1. The van der Waals surface area contributed by atoms with Crippen molar-refractivity contribution in [3.63, 3.8) is 0 Å². The van der Waals surface area contributed by atoms with Gasteiger partial charge in [-0.05, 0) is 55.3 Å². The summed E-state index contributed by atoms with van der Waals surface area (Å²) in [7, 11) is 0. The highest BCUT2D eigenvalue weighted by molar-refractivity contribution is 5.99. The number of aromatic amines is 1. The van der Waals surface area contributed by atoms with Gasteiger partial charge in [0.2, 0.25) is 5.91 Å². The number of rotatable bonds is 5. The molecule has 3 N–H and O–H groups in total. The van der Waals surface area contributed by atoms with Crippen LogP contribution in [0.4, 0.5) is 10.2 Å². The summed E-state index contributed by atoms with van der Waals surface area (Å²) in [5.41, 5.74) is 7.28. The molecule has 1 aliphatic heterocycles. The van der Waals surface area contributed by atoms with Gasteiger partial charge in [0.05, 0.1) is 11.4 Å². The first-order chi connectivity index (χ1) is 16.9. The average Bonchev–Trinajstić information content (AvgIpc) is 3.28. The summed E-state index contributed by atoms with van der Waals surface area (Å²) < 4.78 is 20.8. The normalized spacial score (nSPS) is 15.8. The van der Waals surface area contributed by atoms with Crippen LogP contribution in [0.15, 0.2) is 66.0 Å². The van der Waals surface area contributed by atoms with E-state index >= 15 is 0 Å². The number of likely N-dealkylation sites (tertiary alicyclic amines) is 1. The van der Waals surface area contributed by atoms with Crippen molar-refractivity contribution in [1.82, 2.24) is 24.9 Å². The van der Waals surface area contributed by atoms with Crippen molar-refractivity contribution in [2.45, 2.75) is 18.9 Å². The molecule has 1 amide bonds. The van der Waals surface area contributed by atoms with E-state index in [9.17, 15) is 14.0 Å². The second-order valence-corrected chi connectivity index (χ2v) is 8.32. The number of piperidine rings is 1. The second kappa shape index (κ2) is 9.05. The zero-order valence-corrected chi connectivity index (χ0v) is 18.8. The number of nitrogens with one attached hydrogen (secondary N) is 1. The number of halogens is 1. The average molecular weight is 474 g/mol. The van der Waals surface area contributed by atoms with E-state index in [-0.39, 0.29) is 23.6 Å². The molecule has 1 saturated heterocycles. The molecule has 1 aliphatic rings. The van der Waals surface area contributed by atoms with Gasteiger partial charge >= 0.3 is 0 Å². The van der Waals surface area contributed by atoms with E-state index in [0.717, 1.165) is 12.8 Å². The van der Waals surface area contributed by atoms with Gasteiger partial charge in [-0.15, -0.1) is 0 Å². The Bertz CT molecular complexity index is 1480. The molecule has 9 nitrogen and oxygen atoms in total. The molecular formula is C25H23FN6O3. The number of aromatic nitrogens is 4. The van der Waals surface area contributed by atoms with Crippen LogP contribution in [-0.4, -0.2) is 43.9 Å². The molecule has 1 fully saturated rings. The number of ether oxygens (including phenoxy) is 1. The van der Waals surface area contributed by atoms with Gasteiger partial charge in [0, 0.05) is 24.7 Å². The number of anilines is 1. The smallest absolute Gasteiger partial charge is 0.290 e. The summed E-state index contributed by atoms with van der Waals surface area (Å²) in [6.45, 7) is 4.60. The summed E-state index contributed by atoms with van der Waals surface area (Å²) in [5.74, 6) is 0.493. The number of carbonyl (C=O) groups excluding carboxylic acids is 1. The molecule has 178 valence electrons. The molecule has 3 heterocycles. The Morgan fingerprint density at radius 3 is 2.77 bits per heavy atom. The monoisotopic (exact) mass is 474 g/mol. The lowest BCUT2D eigenvalue weighted by Gasteiger charge is -2.32. The quantitative estimate of drug-likeness (QED) is 0.426. The van der Waals surface area contributed by atoms with Crippen LogP contribution in [0.5, 0.6) is 11.5 Å². The van der Waals surface area contributed by atoms with Gasteiger partial charge < -0.3 is 15.4 Å². The van der Waals surface area contributed by atoms with Gasteiger partial charge in [-0.3, -0.25) is 14.3 Å². The van der Waals surface area contributed by atoms with Crippen molar-refractivity contribution in [3.05, 3.63) is 77.4 Å². The highest BCUT2D eigenvalue weighted by Crippen LogP contribution is 2.34. The molecule has 35 heavy (non-hydrogen) atoms. The third-order valence-corrected chi connectivity index (χ3v) is 6.05. The topological polar surface area (TPSA) is 119 Å². The molecule has 10 heteroatoms. The third-order valence-electron chi connectivity index (χ3n) is 6.05. The first-order valence-electron chi connectivity index (χ1n) is 11.2. The van der Waals surface area contributed by atoms with Crippen LogP contribution in [0, 0.1) is 5.82 Å². The summed E-state index contributed by atoms with van der Waals surface area (Å²) in [5, 5.41) is 11.6. The van der Waals surface area contributed by atoms with E-state index < -0.39 is 5.56 Å². The Morgan fingerprint density at radius 1 is 1.23 bits per heavy atom. The Labute approximate surface area is 199 Å². The minimum Gasteiger partial charge on any atom is -0.457 e. The van der Waals surface area contributed by atoms with Crippen LogP contribution in [0.25, 0.3) is 22.2 Å². The first kappa shape index (κ1) is 22.3. The predicted octanol–water partition coefficient (Wildman–Crippen LogP) is 3.65. The first-order valence-corrected chi connectivity index (χ1v) is 11.2. The molecule has 5 rings (SSSR count). The van der Waals surface area contributed by atoms with Crippen LogP contribution < -0.4 is 16.0 Å². The van der Waals surface area contributed by atoms with Crippen molar-refractivity contribution in [2.24, 2.45) is 0 Å². The lowest BCUT2D eigenvalue weighted by atomic mass is 10.1. The Morgan fingerprint density at radius 2 is 2.03 bits per heavy atom. The standard InChI is InChI=1S/C25H23FN6O3/c1-2-20(33)31-12-4-6-17(14-31)32-23-21(24(27)28-29-25(23)34)22(30-32)15-8-10-18(11-9-15)35-19-7-3-5-16(26)13-19/h2-3,5,7-11,13,17H,1,4,6,12,14H2,(H2,27,28)(H,29,34). The number of nitrogen functional groups attached to an aromatic ring is 1. The van der Waals surface area contributed by atoms with Gasteiger partial charge in [-0.25, -0.2) is 9.49 Å². The largest absolute Gasteiger partial charge is 0.457 e. The fraction of sp³-hybridized carbons (Fsp3) is 0.200. The minimum atomic E-state index is -0.411. The Kier molecular flexibility index (Phi) is 5.77. The SMILES string of the molecule is C=CC(=O)N1CCCC(n2nc(-c3ccc(Oc4cccc(F)c4)cc3)c3c(N)n[nH]c(=O)c32)C1. The second-order valence-electron chi connectivity index (χ2n) is 8.32. The number of amides is 1. The molecule has 4 aromatic rings. The Hall–Kier alpha value is -4.47. The molecular weight excluding hydrogens is 451 g/mol. The lowest BCUT2D eigenvalue weighted by Crippen LogP contribution is -2.40. The number of hydrogen-bond donors (Lipinski definition) is 2. The number of fused-ring (bicyclic) bond motifs is 1. The fourth-order valence-electron chi connectivity index (χ4n) is 4.41. The van der Waals surface area contributed by atoms with E-state index in [1.807, 2.05) is 0 Å². The molecule has 0 radical (unpaired) electrons. The molecule has 0 saturated carbocycles. The minimum absolute atomic E-state index is 0.149. The molecule has 0 aliphatic carbocycles. The van der Waals surface area contributed by atoms with Crippen molar-refractivity contribution in [3.8, 4) is 22.8 Å². The molecule has 0 spiro atoms. The van der Waals surface area contributed by atoms with Crippen LogP contribution >= 0.6 is 0 Å². The summed E-state index contributed by atoms with van der Waals surface area (Å²) >= 11 is 0. The number of benzene rings is 2. The van der Waals surface area contributed by atoms with Gasteiger partial charge in [-0.2, -0.15) is 10.2 Å². The zero-order valence-electron chi connectivity index (χ0n) is 18.8. The molecule has 2 aromatic heterocycles. The molecule has 1 atom stereocenters. The lowest BCUT2D eigenvalue weighted by molar-refractivity contribution is -0.127. The van der Waals surface area contributed by atoms with Crippen molar-refractivity contribution in [2.75, 3.05) is 18.8 Å². The van der Waals surface area contributed by atoms with E-state index in [4.69, 9.17) is 15.6 Å². The number of H-pyrrole nitrogens is 1. The zero-order chi connectivity index (χ0) is 24.5. The fourth-order valence-corrected chi connectivity index (χ4v) is 4.41. The van der Waals surface area contributed by atoms with Crippen molar-refractivity contribution >= 4 is 22.6 Å². The molecule has 1 unspecified atom stereocenters. The van der Waals surface area contributed by atoms with Gasteiger partial charge in [0.25, 0.3) is 5.56 Å². The van der Waals surface area contributed by atoms with Crippen LogP contribution in [0.1, 0.15) is 18.9 Å². The maximum atomic E-state index is 13.5.